The number of nitrogens with zero attached hydrogens (tertiary/aromatic N) is 1. The summed E-state index contributed by atoms with van der Waals surface area (Å²) in [4.78, 5) is 49.6. The topological polar surface area (TPSA) is 114 Å². The van der Waals surface area contributed by atoms with Gasteiger partial charge >= 0.3 is 18.1 Å². The first-order valence-electron chi connectivity index (χ1n) is 8.95. The van der Waals surface area contributed by atoms with Crippen LogP contribution in [0.5, 0.6) is 0 Å². The first-order valence-corrected chi connectivity index (χ1v) is 8.95. The molecule has 2 N–H and O–H groups in total. The first kappa shape index (κ1) is 19.7. The largest absolute Gasteiger partial charge is 0.459 e. The Bertz CT molecular complexity index is 860. The van der Waals surface area contributed by atoms with Crippen molar-refractivity contribution in [2.45, 2.75) is 44.8 Å². The molecule has 0 saturated carbocycles. The van der Waals surface area contributed by atoms with Crippen molar-refractivity contribution < 1.29 is 28.7 Å². The quantitative estimate of drug-likeness (QED) is 0.763. The van der Waals surface area contributed by atoms with Gasteiger partial charge < -0.3 is 20.1 Å². The van der Waals surface area contributed by atoms with Gasteiger partial charge in [0.05, 0.1) is 0 Å². The minimum Gasteiger partial charge on any atom is -0.459 e. The average Bonchev–Trinajstić information content (AvgIpc) is 3.06. The number of rotatable bonds is 3. The van der Waals surface area contributed by atoms with E-state index in [-0.39, 0.29) is 12.5 Å². The van der Waals surface area contributed by atoms with Crippen molar-refractivity contribution in [3.8, 4) is 0 Å². The van der Waals surface area contributed by atoms with Gasteiger partial charge in [0.2, 0.25) is 5.60 Å². The zero-order valence-corrected chi connectivity index (χ0v) is 16.3. The van der Waals surface area contributed by atoms with Gasteiger partial charge in [0.15, 0.2) is 0 Å². The molecule has 0 bridgehead atoms. The van der Waals surface area contributed by atoms with Crippen molar-refractivity contribution in [2.24, 2.45) is 0 Å². The number of anilines is 1. The normalized spacial score (nSPS) is 20.8. The molecule has 1 saturated heterocycles. The molecule has 1 atom stereocenters. The monoisotopic (exact) mass is 389 g/mol. The highest BCUT2D eigenvalue weighted by atomic mass is 16.6. The maximum absolute atomic E-state index is 13.0. The van der Waals surface area contributed by atoms with Crippen LogP contribution in [-0.2, 0) is 31.1 Å². The van der Waals surface area contributed by atoms with Crippen molar-refractivity contribution in [2.75, 3.05) is 18.9 Å². The second-order valence-electron chi connectivity index (χ2n) is 7.75. The summed E-state index contributed by atoms with van der Waals surface area (Å²) in [5, 5.41) is 5.12. The fourth-order valence-corrected chi connectivity index (χ4v) is 3.43. The number of amides is 4. The molecule has 1 heterocycles. The molecule has 9 heteroatoms. The summed E-state index contributed by atoms with van der Waals surface area (Å²) in [6.07, 6.45) is -0.0877. The SMILES string of the molecule is CNC(=O)Nc1ccc2c(c1)CC[C@@]21OC(=O)N(CC(=O)OC(C)(C)C)C1=O. The van der Waals surface area contributed by atoms with Gasteiger partial charge in [-0.25, -0.2) is 14.5 Å². The number of benzene rings is 1. The molecular formula is C19H23N3O6. The lowest BCUT2D eigenvalue weighted by molar-refractivity contribution is -0.157. The van der Waals surface area contributed by atoms with E-state index in [0.717, 1.165) is 10.5 Å². The van der Waals surface area contributed by atoms with Crippen LogP contribution in [0.25, 0.3) is 0 Å². The molecule has 1 spiro atoms. The summed E-state index contributed by atoms with van der Waals surface area (Å²) in [5.41, 5.74) is -0.220. The Labute approximate surface area is 162 Å². The molecule has 1 fully saturated rings. The standard InChI is InChI=1S/C19H23N3O6/c1-18(2,3)27-14(23)10-22-15(24)19(28-17(22)26)8-7-11-9-12(5-6-13(11)19)21-16(25)20-4/h5-6,9H,7-8,10H2,1-4H3,(H2,20,21,25)/t19-/m1/s1. The summed E-state index contributed by atoms with van der Waals surface area (Å²) in [6, 6.07) is 4.69. The number of urea groups is 1. The maximum Gasteiger partial charge on any atom is 0.418 e. The molecule has 0 radical (unpaired) electrons. The molecule has 2 aliphatic rings. The summed E-state index contributed by atoms with van der Waals surface area (Å²) < 4.78 is 10.7. The molecule has 0 unspecified atom stereocenters. The molecule has 1 aromatic rings. The average molecular weight is 389 g/mol. The zero-order chi connectivity index (χ0) is 20.7. The molecule has 1 aliphatic carbocycles. The minimum absolute atomic E-state index is 0.279. The predicted octanol–water partition coefficient (Wildman–Crippen LogP) is 1.90. The summed E-state index contributed by atoms with van der Waals surface area (Å²) in [6.45, 7) is 4.61. The fourth-order valence-electron chi connectivity index (χ4n) is 3.43. The number of aryl methyl sites for hydroxylation is 1. The van der Waals surface area contributed by atoms with Gasteiger partial charge in [0.25, 0.3) is 5.91 Å². The van der Waals surface area contributed by atoms with Crippen LogP contribution in [0.2, 0.25) is 0 Å². The lowest BCUT2D eigenvalue weighted by atomic mass is 9.94. The van der Waals surface area contributed by atoms with Gasteiger partial charge in [0.1, 0.15) is 12.1 Å². The van der Waals surface area contributed by atoms with Gasteiger partial charge in [-0.3, -0.25) is 9.59 Å². The van der Waals surface area contributed by atoms with Crippen molar-refractivity contribution in [1.82, 2.24) is 10.2 Å². The Morgan fingerprint density at radius 1 is 1.29 bits per heavy atom. The van der Waals surface area contributed by atoms with Gasteiger partial charge in [0, 0.05) is 24.7 Å². The molecular weight excluding hydrogens is 366 g/mol. The predicted molar refractivity (Wildman–Crippen MR) is 98.6 cm³/mol. The van der Waals surface area contributed by atoms with Crippen LogP contribution in [0.4, 0.5) is 15.3 Å². The van der Waals surface area contributed by atoms with E-state index in [1.54, 1.807) is 39.0 Å². The minimum atomic E-state index is -1.43. The number of carbonyl (C=O) groups excluding carboxylic acids is 4. The highest BCUT2D eigenvalue weighted by molar-refractivity contribution is 6.06. The first-order chi connectivity index (χ1) is 13.1. The van der Waals surface area contributed by atoms with Crippen LogP contribution >= 0.6 is 0 Å². The third-order valence-electron chi connectivity index (χ3n) is 4.55. The van der Waals surface area contributed by atoms with Gasteiger partial charge in [-0.05, 0) is 44.9 Å². The van der Waals surface area contributed by atoms with Crippen LogP contribution in [0.1, 0.15) is 38.3 Å². The van der Waals surface area contributed by atoms with Gasteiger partial charge in [-0.2, -0.15) is 0 Å². The zero-order valence-electron chi connectivity index (χ0n) is 16.3. The second-order valence-corrected chi connectivity index (χ2v) is 7.75. The van der Waals surface area contributed by atoms with E-state index in [2.05, 4.69) is 10.6 Å². The van der Waals surface area contributed by atoms with E-state index in [1.807, 2.05) is 0 Å². The lowest BCUT2D eigenvalue weighted by Crippen LogP contribution is -2.41. The molecule has 9 nitrogen and oxygen atoms in total. The Kier molecular flexibility index (Phi) is 4.78. The number of nitrogens with one attached hydrogen (secondary N) is 2. The smallest absolute Gasteiger partial charge is 0.418 e. The van der Waals surface area contributed by atoms with Crippen LogP contribution in [-0.4, -0.2) is 48.1 Å². The molecule has 3 rings (SSSR count). The number of imide groups is 1. The third kappa shape index (κ3) is 3.51. The van der Waals surface area contributed by atoms with E-state index >= 15 is 0 Å². The molecule has 4 amide bonds. The van der Waals surface area contributed by atoms with Gasteiger partial charge in [-0.1, -0.05) is 6.07 Å². The Morgan fingerprint density at radius 2 is 2.00 bits per heavy atom. The number of ether oxygens (including phenoxy) is 2. The summed E-state index contributed by atoms with van der Waals surface area (Å²) in [7, 11) is 1.51. The van der Waals surface area contributed by atoms with Gasteiger partial charge in [-0.15, -0.1) is 0 Å². The third-order valence-corrected chi connectivity index (χ3v) is 4.55. The Balaban J connectivity index is 1.82. The highest BCUT2D eigenvalue weighted by Crippen LogP contribution is 2.46. The molecule has 1 aliphatic heterocycles. The molecule has 150 valence electrons. The molecule has 28 heavy (non-hydrogen) atoms. The second kappa shape index (κ2) is 6.81. The number of hydrogen-bond acceptors (Lipinski definition) is 6. The summed E-state index contributed by atoms with van der Waals surface area (Å²) >= 11 is 0. The Hall–Kier alpha value is -3.10. The van der Waals surface area contributed by atoms with Crippen LogP contribution < -0.4 is 10.6 Å². The van der Waals surface area contributed by atoms with E-state index in [1.165, 1.54) is 7.05 Å². The van der Waals surface area contributed by atoms with Crippen LogP contribution in [0.3, 0.4) is 0 Å². The summed E-state index contributed by atoms with van der Waals surface area (Å²) in [5.74, 6) is -1.26. The van der Waals surface area contributed by atoms with Crippen molar-refractivity contribution in [3.63, 3.8) is 0 Å². The lowest BCUT2D eigenvalue weighted by Gasteiger charge is -2.22. The Morgan fingerprint density at radius 3 is 2.64 bits per heavy atom. The maximum atomic E-state index is 13.0. The van der Waals surface area contributed by atoms with Crippen molar-refractivity contribution >= 4 is 29.7 Å². The van der Waals surface area contributed by atoms with Crippen LogP contribution in [0.15, 0.2) is 18.2 Å². The number of esters is 1. The van der Waals surface area contributed by atoms with Crippen molar-refractivity contribution in [1.29, 1.82) is 0 Å². The van der Waals surface area contributed by atoms with E-state index < -0.39 is 35.7 Å². The van der Waals surface area contributed by atoms with E-state index in [0.29, 0.717) is 17.7 Å². The van der Waals surface area contributed by atoms with Crippen molar-refractivity contribution in [3.05, 3.63) is 29.3 Å². The number of hydrogen-bond donors (Lipinski definition) is 2. The van der Waals surface area contributed by atoms with E-state index in [4.69, 9.17) is 9.47 Å². The molecule has 1 aromatic carbocycles. The van der Waals surface area contributed by atoms with E-state index in [9.17, 15) is 19.2 Å². The number of fused-ring (bicyclic) bond motifs is 2. The number of carbonyl (C=O) groups is 4. The highest BCUT2D eigenvalue weighted by Gasteiger charge is 2.58. The molecule has 0 aromatic heterocycles. The van der Waals surface area contributed by atoms with Crippen LogP contribution in [0, 0.1) is 0 Å². The fraction of sp³-hybridized carbons (Fsp3) is 0.474.